The largest absolute Gasteiger partial charge is 0.505 e. The highest BCUT2D eigenvalue weighted by atomic mass is 19.2. The van der Waals surface area contributed by atoms with Gasteiger partial charge >= 0.3 is 0 Å². The zero-order valence-corrected chi connectivity index (χ0v) is 7.74. The summed E-state index contributed by atoms with van der Waals surface area (Å²) in [4.78, 5) is 0. The van der Waals surface area contributed by atoms with E-state index in [0.29, 0.717) is 0 Å². The second-order valence-electron chi connectivity index (χ2n) is 3.01. The molecular formula is C9H11F2NO3. The summed E-state index contributed by atoms with van der Waals surface area (Å²) in [6.07, 6.45) is -1.000. The molecule has 1 unspecified atom stereocenters. The molecule has 6 heteroatoms. The molecule has 0 bridgehead atoms. The number of hydrogen-bond acceptors (Lipinski definition) is 4. The number of rotatable bonds is 4. The van der Waals surface area contributed by atoms with E-state index in [4.69, 9.17) is 15.3 Å². The normalized spacial score (nSPS) is 12.5. The number of benzene rings is 1. The number of aromatic hydroxyl groups is 1. The molecule has 0 saturated carbocycles. The van der Waals surface area contributed by atoms with Crippen LogP contribution in [0.3, 0.4) is 0 Å². The molecule has 1 atom stereocenters. The molecule has 0 fully saturated rings. The lowest BCUT2D eigenvalue weighted by Gasteiger charge is -2.10. The summed E-state index contributed by atoms with van der Waals surface area (Å²) in [5.41, 5.74) is 0.124. The maximum Gasteiger partial charge on any atom is 0.200 e. The SMILES string of the molecule is OCC(O)CNc1cc(O)c(F)c(F)c1. The van der Waals surface area contributed by atoms with Crippen LogP contribution < -0.4 is 5.32 Å². The van der Waals surface area contributed by atoms with Gasteiger partial charge in [-0.2, -0.15) is 4.39 Å². The molecule has 0 radical (unpaired) electrons. The summed E-state index contributed by atoms with van der Waals surface area (Å²) in [6.45, 7) is -0.469. The highest BCUT2D eigenvalue weighted by Crippen LogP contribution is 2.23. The fraction of sp³-hybridized carbons (Fsp3) is 0.333. The zero-order valence-electron chi connectivity index (χ0n) is 7.74. The van der Waals surface area contributed by atoms with Gasteiger partial charge in [0.1, 0.15) is 0 Å². The molecule has 4 N–H and O–H groups in total. The molecule has 1 aromatic carbocycles. The topological polar surface area (TPSA) is 72.7 Å². The third-order valence-corrected chi connectivity index (χ3v) is 1.76. The van der Waals surface area contributed by atoms with E-state index < -0.39 is 30.1 Å². The van der Waals surface area contributed by atoms with Gasteiger partial charge in [-0.3, -0.25) is 0 Å². The lowest BCUT2D eigenvalue weighted by atomic mass is 10.2. The Morgan fingerprint density at radius 3 is 2.53 bits per heavy atom. The van der Waals surface area contributed by atoms with E-state index in [-0.39, 0.29) is 12.2 Å². The van der Waals surface area contributed by atoms with Gasteiger partial charge in [-0.25, -0.2) is 4.39 Å². The molecule has 1 aromatic rings. The zero-order chi connectivity index (χ0) is 11.4. The molecule has 0 aliphatic carbocycles. The van der Waals surface area contributed by atoms with Crippen molar-refractivity contribution in [2.24, 2.45) is 0 Å². The number of aliphatic hydroxyl groups excluding tert-OH is 2. The standard InChI is InChI=1S/C9H11F2NO3/c10-7-1-5(2-8(15)9(7)11)12-3-6(14)4-13/h1-2,6,12-15H,3-4H2. The molecular weight excluding hydrogens is 208 g/mol. The minimum absolute atomic E-state index is 0.0268. The van der Waals surface area contributed by atoms with Crippen molar-refractivity contribution < 1.29 is 24.1 Å². The maximum atomic E-state index is 12.8. The van der Waals surface area contributed by atoms with Gasteiger partial charge in [-0.1, -0.05) is 0 Å². The van der Waals surface area contributed by atoms with Crippen molar-refractivity contribution in [3.8, 4) is 5.75 Å². The number of anilines is 1. The van der Waals surface area contributed by atoms with E-state index in [1.807, 2.05) is 0 Å². The molecule has 0 aliphatic heterocycles. The minimum Gasteiger partial charge on any atom is -0.505 e. The summed E-state index contributed by atoms with van der Waals surface area (Å²) in [6, 6.07) is 1.83. The number of hydrogen-bond donors (Lipinski definition) is 4. The molecule has 1 rings (SSSR count). The average Bonchev–Trinajstić information content (AvgIpc) is 2.22. The van der Waals surface area contributed by atoms with E-state index in [0.717, 1.165) is 12.1 Å². The molecule has 0 spiro atoms. The van der Waals surface area contributed by atoms with Crippen LogP contribution in [0.4, 0.5) is 14.5 Å². The lowest BCUT2D eigenvalue weighted by molar-refractivity contribution is 0.105. The van der Waals surface area contributed by atoms with E-state index in [1.165, 1.54) is 0 Å². The number of halogens is 2. The Balaban J connectivity index is 2.70. The van der Waals surface area contributed by atoms with Crippen LogP contribution in [0.2, 0.25) is 0 Å². The highest BCUT2D eigenvalue weighted by molar-refractivity contribution is 5.49. The number of nitrogens with one attached hydrogen (secondary N) is 1. The first-order valence-corrected chi connectivity index (χ1v) is 4.25. The van der Waals surface area contributed by atoms with Crippen LogP contribution in [0.25, 0.3) is 0 Å². The van der Waals surface area contributed by atoms with Crippen LogP contribution in [0, 0.1) is 11.6 Å². The Hall–Kier alpha value is -1.40. The smallest absolute Gasteiger partial charge is 0.200 e. The van der Waals surface area contributed by atoms with Gasteiger partial charge in [-0.15, -0.1) is 0 Å². The fourth-order valence-corrected chi connectivity index (χ4v) is 0.977. The van der Waals surface area contributed by atoms with E-state index in [1.54, 1.807) is 0 Å². The second kappa shape index (κ2) is 4.90. The van der Waals surface area contributed by atoms with E-state index in [2.05, 4.69) is 5.32 Å². The molecule has 15 heavy (non-hydrogen) atoms. The van der Waals surface area contributed by atoms with Crippen LogP contribution in [0.15, 0.2) is 12.1 Å². The predicted octanol–water partition coefficient (Wildman–Crippen LogP) is 0.436. The Kier molecular flexibility index (Phi) is 3.81. The highest BCUT2D eigenvalue weighted by Gasteiger charge is 2.10. The molecule has 0 heterocycles. The number of phenols is 1. The summed E-state index contributed by atoms with van der Waals surface area (Å²) in [7, 11) is 0. The van der Waals surface area contributed by atoms with Crippen molar-refractivity contribution in [2.45, 2.75) is 6.10 Å². The van der Waals surface area contributed by atoms with Crippen molar-refractivity contribution in [2.75, 3.05) is 18.5 Å². The first-order chi connectivity index (χ1) is 7.04. The van der Waals surface area contributed by atoms with Crippen molar-refractivity contribution in [3.05, 3.63) is 23.8 Å². The molecule has 84 valence electrons. The summed E-state index contributed by atoms with van der Waals surface area (Å²) >= 11 is 0. The van der Waals surface area contributed by atoms with Crippen molar-refractivity contribution >= 4 is 5.69 Å². The first-order valence-electron chi connectivity index (χ1n) is 4.25. The summed E-state index contributed by atoms with van der Waals surface area (Å²) in [5.74, 6) is -3.31. The summed E-state index contributed by atoms with van der Waals surface area (Å²) in [5, 5.41) is 28.9. The molecule has 0 aliphatic rings. The van der Waals surface area contributed by atoms with Gasteiger partial charge in [0.15, 0.2) is 17.4 Å². The van der Waals surface area contributed by atoms with E-state index >= 15 is 0 Å². The minimum atomic E-state index is -1.32. The van der Waals surface area contributed by atoms with Crippen LogP contribution in [0.5, 0.6) is 5.75 Å². The van der Waals surface area contributed by atoms with E-state index in [9.17, 15) is 8.78 Å². The van der Waals surface area contributed by atoms with Gasteiger partial charge in [-0.05, 0) is 0 Å². The molecule has 0 amide bonds. The van der Waals surface area contributed by atoms with Crippen molar-refractivity contribution in [3.63, 3.8) is 0 Å². The molecule has 0 saturated heterocycles. The van der Waals surface area contributed by atoms with Gasteiger partial charge < -0.3 is 20.6 Å². The van der Waals surface area contributed by atoms with Crippen LogP contribution >= 0.6 is 0 Å². The predicted molar refractivity (Wildman–Crippen MR) is 49.6 cm³/mol. The van der Waals surface area contributed by atoms with Gasteiger partial charge in [0.2, 0.25) is 0 Å². The third kappa shape index (κ3) is 3.03. The molecule has 4 nitrogen and oxygen atoms in total. The van der Waals surface area contributed by atoms with Gasteiger partial charge in [0.25, 0.3) is 0 Å². The van der Waals surface area contributed by atoms with Gasteiger partial charge in [0.05, 0.1) is 12.7 Å². The van der Waals surface area contributed by atoms with Crippen LogP contribution in [0.1, 0.15) is 0 Å². The Morgan fingerprint density at radius 1 is 1.33 bits per heavy atom. The maximum absolute atomic E-state index is 12.8. The Bertz CT molecular complexity index is 323. The van der Waals surface area contributed by atoms with Crippen LogP contribution in [-0.4, -0.2) is 34.6 Å². The van der Waals surface area contributed by atoms with Crippen molar-refractivity contribution in [1.29, 1.82) is 0 Å². The Morgan fingerprint density at radius 2 is 2.00 bits per heavy atom. The van der Waals surface area contributed by atoms with Crippen LogP contribution in [-0.2, 0) is 0 Å². The fourth-order valence-electron chi connectivity index (χ4n) is 0.977. The molecule has 0 aromatic heterocycles. The first kappa shape index (κ1) is 11.7. The Labute approximate surface area is 84.8 Å². The lowest BCUT2D eigenvalue weighted by Crippen LogP contribution is -2.22. The number of phenolic OH excluding ortho intramolecular Hbond substituents is 1. The number of aliphatic hydroxyl groups is 2. The quantitative estimate of drug-likeness (QED) is 0.592. The van der Waals surface area contributed by atoms with Crippen molar-refractivity contribution in [1.82, 2.24) is 0 Å². The second-order valence-corrected chi connectivity index (χ2v) is 3.01. The average molecular weight is 219 g/mol. The third-order valence-electron chi connectivity index (χ3n) is 1.76. The monoisotopic (exact) mass is 219 g/mol. The summed E-state index contributed by atoms with van der Waals surface area (Å²) < 4.78 is 25.4. The van der Waals surface area contributed by atoms with Gasteiger partial charge in [0, 0.05) is 24.4 Å².